The van der Waals surface area contributed by atoms with Gasteiger partial charge in [-0.2, -0.15) is 0 Å². The molecule has 5 nitrogen and oxygen atoms in total. The highest BCUT2D eigenvalue weighted by atomic mass is 79.9. The average molecular weight is 583 g/mol. The molecule has 0 spiro atoms. The second-order valence-electron chi connectivity index (χ2n) is 8.30. The molecule has 0 saturated carbocycles. The summed E-state index contributed by atoms with van der Waals surface area (Å²) in [5.74, 6) is 1.52. The van der Waals surface area contributed by atoms with Crippen LogP contribution in [0.2, 0.25) is 0 Å². The first-order valence-electron chi connectivity index (χ1n) is 11.4. The highest BCUT2D eigenvalue weighted by Crippen LogP contribution is 2.37. The Kier molecular flexibility index (Phi) is 6.75. The third-order valence-electron chi connectivity index (χ3n) is 5.94. The number of halogens is 2. The van der Waals surface area contributed by atoms with Crippen LogP contribution >= 0.6 is 31.9 Å². The van der Waals surface area contributed by atoms with E-state index in [1.165, 1.54) is 0 Å². The molecule has 0 N–H and O–H groups in total. The van der Waals surface area contributed by atoms with E-state index < -0.39 is 0 Å². The minimum atomic E-state index is 0.628. The van der Waals surface area contributed by atoms with E-state index in [2.05, 4.69) is 67.6 Å². The normalized spacial score (nSPS) is 11.5. The summed E-state index contributed by atoms with van der Waals surface area (Å²) in [6, 6.07) is 18.3. The van der Waals surface area contributed by atoms with Gasteiger partial charge in [-0.25, -0.2) is 9.97 Å². The van der Waals surface area contributed by atoms with Crippen molar-refractivity contribution in [3.63, 3.8) is 0 Å². The lowest BCUT2D eigenvalue weighted by Crippen LogP contribution is -2.04. The molecule has 2 aromatic heterocycles. The molecule has 0 aliphatic carbocycles. The molecule has 0 radical (unpaired) electrons. The number of hydrogen-bond donors (Lipinski definition) is 0. The van der Waals surface area contributed by atoms with Gasteiger partial charge in [0.05, 0.1) is 30.3 Å². The van der Waals surface area contributed by atoms with Gasteiger partial charge in [-0.3, -0.25) is 0 Å². The number of nitrogens with zero attached hydrogens (tertiary/aromatic N) is 3. The lowest BCUT2D eigenvalue weighted by Gasteiger charge is -2.14. The monoisotopic (exact) mass is 581 g/mol. The largest absolute Gasteiger partial charge is 0.493 e. The number of para-hydroxylation sites is 2. The number of benzene rings is 3. The van der Waals surface area contributed by atoms with Crippen molar-refractivity contribution in [3.8, 4) is 11.5 Å². The molecule has 0 unspecified atom stereocenters. The number of methoxy groups -OCH3 is 1. The third-order valence-corrected chi connectivity index (χ3v) is 7.00. The molecule has 0 amide bonds. The first-order chi connectivity index (χ1) is 16.6. The summed E-state index contributed by atoms with van der Waals surface area (Å²) >= 11 is 7.42. The summed E-state index contributed by atoms with van der Waals surface area (Å²) in [6.07, 6.45) is 3.34. The minimum Gasteiger partial charge on any atom is -0.493 e. The summed E-state index contributed by atoms with van der Waals surface area (Å²) < 4.78 is 15.8. The highest BCUT2D eigenvalue weighted by Gasteiger charge is 2.18. The van der Waals surface area contributed by atoms with Gasteiger partial charge in [0.1, 0.15) is 5.52 Å². The molecule has 2 heterocycles. The zero-order chi connectivity index (χ0) is 23.7. The van der Waals surface area contributed by atoms with Crippen LogP contribution in [0.5, 0.6) is 11.5 Å². The number of ether oxygens (including phenoxy) is 2. The lowest BCUT2D eigenvalue weighted by molar-refractivity contribution is 0.285. The summed E-state index contributed by atoms with van der Waals surface area (Å²) in [6.45, 7) is 3.50. The molecule has 3 aromatic carbocycles. The van der Waals surface area contributed by atoms with Gasteiger partial charge in [0.25, 0.3) is 0 Å². The van der Waals surface area contributed by atoms with E-state index in [0.29, 0.717) is 13.2 Å². The zero-order valence-corrected chi connectivity index (χ0v) is 22.3. The Labute approximate surface area is 215 Å². The van der Waals surface area contributed by atoms with Gasteiger partial charge in [-0.05, 0) is 64.3 Å². The highest BCUT2D eigenvalue weighted by molar-refractivity contribution is 9.11. The maximum absolute atomic E-state index is 6.08. The fraction of sp³-hybridized carbons (Fsp3) is 0.259. The molecule has 0 aliphatic rings. The van der Waals surface area contributed by atoms with E-state index in [1.54, 1.807) is 7.11 Å². The summed E-state index contributed by atoms with van der Waals surface area (Å²) in [4.78, 5) is 10.00. The SMILES string of the molecule is CCCCCOc1cc(Cn2c3nc4ccccc4nc3c3cc(Br)cc(Br)c32)ccc1OC. The van der Waals surface area contributed by atoms with Gasteiger partial charge >= 0.3 is 0 Å². The number of rotatable bonds is 8. The van der Waals surface area contributed by atoms with Crippen LogP contribution in [0, 0.1) is 0 Å². The topological polar surface area (TPSA) is 49.2 Å². The molecule has 0 bridgehead atoms. The quantitative estimate of drug-likeness (QED) is 0.175. The van der Waals surface area contributed by atoms with Crippen LogP contribution < -0.4 is 9.47 Å². The fourth-order valence-electron chi connectivity index (χ4n) is 4.29. The Bertz CT molecular complexity index is 1500. The van der Waals surface area contributed by atoms with Crippen LogP contribution in [0.1, 0.15) is 31.7 Å². The van der Waals surface area contributed by atoms with Gasteiger partial charge in [0, 0.05) is 20.9 Å². The third kappa shape index (κ3) is 4.39. The van der Waals surface area contributed by atoms with Gasteiger partial charge < -0.3 is 14.0 Å². The molecule has 5 aromatic rings. The molecule has 7 heteroatoms. The van der Waals surface area contributed by atoms with E-state index >= 15 is 0 Å². The molecule has 0 fully saturated rings. The van der Waals surface area contributed by atoms with Crippen molar-refractivity contribution in [1.82, 2.24) is 14.5 Å². The van der Waals surface area contributed by atoms with Crippen LogP contribution in [0.15, 0.2) is 63.5 Å². The van der Waals surface area contributed by atoms with Crippen LogP contribution in [-0.4, -0.2) is 28.3 Å². The van der Waals surface area contributed by atoms with Crippen molar-refractivity contribution in [2.45, 2.75) is 32.7 Å². The lowest BCUT2D eigenvalue weighted by atomic mass is 10.2. The number of fused-ring (bicyclic) bond motifs is 4. The molecule has 0 atom stereocenters. The predicted octanol–water partition coefficient (Wildman–Crippen LogP) is 7.89. The van der Waals surface area contributed by atoms with Crippen LogP contribution in [0.3, 0.4) is 0 Å². The Morgan fingerprint density at radius 3 is 2.47 bits per heavy atom. The van der Waals surface area contributed by atoms with E-state index in [1.807, 2.05) is 30.3 Å². The minimum absolute atomic E-state index is 0.628. The smallest absolute Gasteiger partial charge is 0.161 e. The first-order valence-corrected chi connectivity index (χ1v) is 13.0. The molecular formula is C27H25Br2N3O2. The second kappa shape index (κ2) is 9.92. The van der Waals surface area contributed by atoms with Crippen LogP contribution in [0.4, 0.5) is 0 Å². The Balaban J connectivity index is 1.64. The fourth-order valence-corrected chi connectivity index (χ4v) is 5.73. The van der Waals surface area contributed by atoms with Crippen molar-refractivity contribution < 1.29 is 9.47 Å². The molecule has 34 heavy (non-hydrogen) atoms. The Morgan fingerprint density at radius 1 is 0.912 bits per heavy atom. The Hall–Kier alpha value is -2.64. The van der Waals surface area contributed by atoms with E-state index in [9.17, 15) is 0 Å². The van der Waals surface area contributed by atoms with E-state index in [-0.39, 0.29) is 0 Å². The summed E-state index contributed by atoms with van der Waals surface area (Å²) in [5, 5.41) is 1.05. The second-order valence-corrected chi connectivity index (χ2v) is 10.1. The zero-order valence-electron chi connectivity index (χ0n) is 19.1. The average Bonchev–Trinajstić information content (AvgIpc) is 3.13. The standard InChI is InChI=1S/C27H25Br2N3O2/c1-3-4-7-12-34-24-13-17(10-11-23(24)33-2)16-32-26-19(14-18(28)15-20(26)29)25-27(32)31-22-9-6-5-8-21(22)30-25/h5-6,8-11,13-15H,3-4,7,12,16H2,1-2H3. The Morgan fingerprint density at radius 2 is 1.71 bits per heavy atom. The van der Waals surface area contributed by atoms with Crippen molar-refractivity contribution in [3.05, 3.63) is 69.1 Å². The van der Waals surface area contributed by atoms with Gasteiger partial charge in [0.15, 0.2) is 17.1 Å². The molecule has 0 saturated heterocycles. The number of aromatic nitrogens is 3. The van der Waals surface area contributed by atoms with Crippen LogP contribution in [-0.2, 0) is 6.54 Å². The van der Waals surface area contributed by atoms with Crippen molar-refractivity contribution >= 4 is 65.0 Å². The molecule has 0 aliphatic heterocycles. The maximum Gasteiger partial charge on any atom is 0.161 e. The number of hydrogen-bond acceptors (Lipinski definition) is 4. The summed E-state index contributed by atoms with van der Waals surface area (Å²) in [5.41, 5.74) is 5.68. The molecule has 5 rings (SSSR count). The van der Waals surface area contributed by atoms with E-state index in [4.69, 9.17) is 19.4 Å². The maximum atomic E-state index is 6.08. The van der Waals surface area contributed by atoms with E-state index in [0.717, 1.165) is 78.4 Å². The molecular weight excluding hydrogens is 558 g/mol. The van der Waals surface area contributed by atoms with Gasteiger partial charge in [-0.15, -0.1) is 0 Å². The van der Waals surface area contributed by atoms with Gasteiger partial charge in [0.2, 0.25) is 0 Å². The molecule has 174 valence electrons. The van der Waals surface area contributed by atoms with Crippen molar-refractivity contribution in [2.75, 3.05) is 13.7 Å². The van der Waals surface area contributed by atoms with Gasteiger partial charge in [-0.1, -0.05) is 53.9 Å². The van der Waals surface area contributed by atoms with Crippen LogP contribution in [0.25, 0.3) is 33.1 Å². The number of unbranched alkanes of at least 4 members (excludes halogenated alkanes) is 2. The van der Waals surface area contributed by atoms with Crippen molar-refractivity contribution in [2.24, 2.45) is 0 Å². The predicted molar refractivity (Wildman–Crippen MR) is 145 cm³/mol. The van der Waals surface area contributed by atoms with Crippen molar-refractivity contribution in [1.29, 1.82) is 0 Å². The summed E-state index contributed by atoms with van der Waals surface area (Å²) in [7, 11) is 1.68. The first kappa shape index (κ1) is 23.1.